The highest BCUT2D eigenvalue weighted by Gasteiger charge is 2.18. The molecule has 0 fully saturated rings. The first-order chi connectivity index (χ1) is 14.4. The summed E-state index contributed by atoms with van der Waals surface area (Å²) in [5.74, 6) is -0.996. The van der Waals surface area contributed by atoms with Crippen LogP contribution in [0.25, 0.3) is 0 Å². The van der Waals surface area contributed by atoms with Gasteiger partial charge < -0.3 is 9.84 Å². The summed E-state index contributed by atoms with van der Waals surface area (Å²) in [6, 6.07) is 9.79. The number of aryl methyl sites for hydroxylation is 1. The molecular formula is C21H27ClN2O5S. The fourth-order valence-electron chi connectivity index (χ4n) is 2.86. The Labute approximate surface area is 182 Å². The quantitative estimate of drug-likeness (QED) is 0.422. The van der Waals surface area contributed by atoms with Crippen molar-refractivity contribution in [2.24, 2.45) is 0 Å². The van der Waals surface area contributed by atoms with Gasteiger partial charge in [-0.05, 0) is 61.6 Å². The van der Waals surface area contributed by atoms with E-state index in [1.54, 1.807) is 6.20 Å². The lowest BCUT2D eigenvalue weighted by molar-refractivity contribution is -0.150. The van der Waals surface area contributed by atoms with Gasteiger partial charge in [0.15, 0.2) is 6.10 Å². The van der Waals surface area contributed by atoms with E-state index in [1.807, 2.05) is 18.3 Å². The predicted molar refractivity (Wildman–Crippen MR) is 115 cm³/mol. The second-order valence-electron chi connectivity index (χ2n) is 6.86. The average Bonchev–Trinajstić information content (AvgIpc) is 2.72. The zero-order valence-corrected chi connectivity index (χ0v) is 18.2. The molecule has 1 aromatic carbocycles. The van der Waals surface area contributed by atoms with Gasteiger partial charge in [-0.3, -0.25) is 4.98 Å². The Balaban J connectivity index is 1.62. The minimum absolute atomic E-state index is 0.127. The van der Waals surface area contributed by atoms with Gasteiger partial charge in [0.25, 0.3) is 0 Å². The minimum atomic E-state index is -3.62. The first-order valence-corrected chi connectivity index (χ1v) is 11.7. The molecule has 30 heavy (non-hydrogen) atoms. The molecule has 9 heteroatoms. The standard InChI is InChI=1S/C21H27ClN2O5S/c22-18-9-11-19(12-10-18)30(27,28)24-14-5-15-29-20(21(25)26)8-3-1-2-6-17-7-4-13-23-16-17/h4,7,9-13,16,20,24H,1-3,5-6,8,14-15H2,(H,25,26). The predicted octanol–water partition coefficient (Wildman–Crippen LogP) is 3.68. The molecule has 1 atom stereocenters. The van der Waals surface area contributed by atoms with Crippen molar-refractivity contribution in [3.63, 3.8) is 0 Å². The van der Waals surface area contributed by atoms with E-state index in [4.69, 9.17) is 16.3 Å². The molecule has 0 aliphatic carbocycles. The van der Waals surface area contributed by atoms with Gasteiger partial charge in [0.2, 0.25) is 10.0 Å². The fourth-order valence-corrected chi connectivity index (χ4v) is 4.06. The third-order valence-corrected chi connectivity index (χ3v) is 6.22. The van der Waals surface area contributed by atoms with Gasteiger partial charge >= 0.3 is 5.97 Å². The molecule has 164 valence electrons. The normalized spacial score (nSPS) is 12.6. The molecule has 0 saturated carbocycles. The van der Waals surface area contributed by atoms with Crippen LogP contribution in [-0.2, 0) is 26.0 Å². The first-order valence-electron chi connectivity index (χ1n) is 9.87. The highest BCUT2D eigenvalue weighted by molar-refractivity contribution is 7.89. The molecule has 0 spiro atoms. The van der Waals surface area contributed by atoms with Crippen molar-refractivity contribution < 1.29 is 23.1 Å². The molecule has 0 saturated heterocycles. The number of hydrogen-bond donors (Lipinski definition) is 2. The van der Waals surface area contributed by atoms with Crippen molar-refractivity contribution in [2.45, 2.75) is 49.5 Å². The fraction of sp³-hybridized carbons (Fsp3) is 0.429. The number of pyridine rings is 1. The van der Waals surface area contributed by atoms with E-state index in [1.165, 1.54) is 29.8 Å². The smallest absolute Gasteiger partial charge is 0.332 e. The van der Waals surface area contributed by atoms with Crippen molar-refractivity contribution in [3.8, 4) is 0 Å². The summed E-state index contributed by atoms with van der Waals surface area (Å²) in [5, 5.41) is 9.77. The zero-order valence-electron chi connectivity index (χ0n) is 16.7. The molecule has 1 unspecified atom stereocenters. The van der Waals surface area contributed by atoms with E-state index in [2.05, 4.69) is 9.71 Å². The Morgan fingerprint density at radius 2 is 1.90 bits per heavy atom. The summed E-state index contributed by atoms with van der Waals surface area (Å²) in [6.07, 6.45) is 7.03. The molecule has 0 amide bonds. The van der Waals surface area contributed by atoms with Crippen LogP contribution in [0.15, 0.2) is 53.7 Å². The Morgan fingerprint density at radius 1 is 1.13 bits per heavy atom. The lowest BCUT2D eigenvalue weighted by Crippen LogP contribution is -2.28. The maximum Gasteiger partial charge on any atom is 0.332 e. The number of nitrogens with one attached hydrogen (secondary N) is 1. The Morgan fingerprint density at radius 3 is 2.57 bits per heavy atom. The number of sulfonamides is 1. The highest BCUT2D eigenvalue weighted by atomic mass is 35.5. The first kappa shape index (κ1) is 24.3. The molecule has 2 N–H and O–H groups in total. The highest BCUT2D eigenvalue weighted by Crippen LogP contribution is 2.14. The number of aromatic nitrogens is 1. The molecule has 2 rings (SSSR count). The van der Waals surface area contributed by atoms with Crippen molar-refractivity contribution in [1.82, 2.24) is 9.71 Å². The number of nitrogens with zero attached hydrogens (tertiary/aromatic N) is 1. The molecular weight excluding hydrogens is 428 g/mol. The van der Waals surface area contributed by atoms with Gasteiger partial charge in [-0.1, -0.05) is 30.5 Å². The third-order valence-electron chi connectivity index (χ3n) is 4.49. The third kappa shape index (κ3) is 8.79. The summed E-state index contributed by atoms with van der Waals surface area (Å²) in [7, 11) is -3.62. The molecule has 1 aromatic heterocycles. The van der Waals surface area contributed by atoms with E-state index >= 15 is 0 Å². The topological polar surface area (TPSA) is 106 Å². The van der Waals surface area contributed by atoms with Crippen LogP contribution in [0.3, 0.4) is 0 Å². The summed E-state index contributed by atoms with van der Waals surface area (Å²) in [4.78, 5) is 15.6. The van der Waals surface area contributed by atoms with Gasteiger partial charge in [0.1, 0.15) is 0 Å². The van der Waals surface area contributed by atoms with Crippen LogP contribution >= 0.6 is 11.6 Å². The van der Waals surface area contributed by atoms with Gasteiger partial charge in [-0.2, -0.15) is 0 Å². The summed E-state index contributed by atoms with van der Waals surface area (Å²) < 4.78 is 32.2. The van der Waals surface area contributed by atoms with Crippen LogP contribution < -0.4 is 4.72 Å². The van der Waals surface area contributed by atoms with Crippen LogP contribution in [-0.4, -0.2) is 43.7 Å². The molecule has 0 aliphatic rings. The molecule has 0 radical (unpaired) electrons. The van der Waals surface area contributed by atoms with Crippen molar-refractivity contribution in [1.29, 1.82) is 0 Å². The number of rotatable bonds is 14. The number of aliphatic carboxylic acids is 1. The lowest BCUT2D eigenvalue weighted by atomic mass is 10.1. The summed E-state index contributed by atoms with van der Waals surface area (Å²) in [5.41, 5.74) is 1.17. The molecule has 1 heterocycles. The van der Waals surface area contributed by atoms with E-state index < -0.39 is 22.1 Å². The molecule has 2 aromatic rings. The number of unbranched alkanes of at least 4 members (excludes halogenated alkanes) is 2. The zero-order chi connectivity index (χ0) is 21.8. The number of carbonyl (C=O) groups is 1. The second-order valence-corrected chi connectivity index (χ2v) is 9.07. The largest absolute Gasteiger partial charge is 0.479 e. The Bertz CT molecular complexity index is 876. The Kier molecular flexibility index (Phi) is 10.2. The van der Waals surface area contributed by atoms with Crippen LogP contribution in [0.2, 0.25) is 5.02 Å². The van der Waals surface area contributed by atoms with Crippen LogP contribution in [0.1, 0.15) is 37.7 Å². The van der Waals surface area contributed by atoms with Gasteiger partial charge in [0.05, 0.1) is 4.90 Å². The monoisotopic (exact) mass is 454 g/mol. The van der Waals surface area contributed by atoms with E-state index in [0.717, 1.165) is 25.7 Å². The average molecular weight is 455 g/mol. The summed E-state index contributed by atoms with van der Waals surface area (Å²) >= 11 is 5.76. The van der Waals surface area contributed by atoms with Gasteiger partial charge in [0, 0.05) is 30.6 Å². The number of hydrogen-bond acceptors (Lipinski definition) is 5. The SMILES string of the molecule is O=C(O)C(CCCCCc1cccnc1)OCCCNS(=O)(=O)c1ccc(Cl)cc1. The summed E-state index contributed by atoms with van der Waals surface area (Å²) in [6.45, 7) is 0.318. The molecule has 7 nitrogen and oxygen atoms in total. The number of halogens is 1. The van der Waals surface area contributed by atoms with Crippen LogP contribution in [0.4, 0.5) is 0 Å². The number of carboxylic acid groups (broad SMARTS) is 1. The van der Waals surface area contributed by atoms with Gasteiger partial charge in [-0.25, -0.2) is 17.9 Å². The Hall–Kier alpha value is -2.00. The number of benzene rings is 1. The molecule has 0 aliphatic heterocycles. The number of ether oxygens (including phenoxy) is 1. The van der Waals surface area contributed by atoms with E-state index in [9.17, 15) is 18.3 Å². The lowest BCUT2D eigenvalue weighted by Gasteiger charge is -2.14. The van der Waals surface area contributed by atoms with Gasteiger partial charge in [-0.15, -0.1) is 0 Å². The van der Waals surface area contributed by atoms with E-state index in [-0.39, 0.29) is 18.0 Å². The number of carboxylic acids is 1. The van der Waals surface area contributed by atoms with Crippen molar-refractivity contribution in [3.05, 3.63) is 59.4 Å². The minimum Gasteiger partial charge on any atom is -0.479 e. The van der Waals surface area contributed by atoms with Crippen LogP contribution in [0, 0.1) is 0 Å². The van der Waals surface area contributed by atoms with E-state index in [0.29, 0.717) is 17.9 Å². The van der Waals surface area contributed by atoms with Crippen molar-refractivity contribution in [2.75, 3.05) is 13.2 Å². The van der Waals surface area contributed by atoms with Crippen molar-refractivity contribution >= 4 is 27.6 Å². The second kappa shape index (κ2) is 12.6. The van der Waals surface area contributed by atoms with Crippen LogP contribution in [0.5, 0.6) is 0 Å². The maximum absolute atomic E-state index is 12.2. The molecule has 0 bridgehead atoms. The maximum atomic E-state index is 12.2.